The third-order valence-corrected chi connectivity index (χ3v) is 9.07. The number of rotatable bonds is 22. The minimum Gasteiger partial charge on any atom is -0.504 e. The van der Waals surface area contributed by atoms with E-state index in [4.69, 9.17) is 5.73 Å². The molecule has 1 heterocycles. The Balaban J connectivity index is 1.76. The second kappa shape index (κ2) is 18.3. The van der Waals surface area contributed by atoms with E-state index in [0.29, 0.717) is 11.5 Å². The number of pyridine rings is 1. The molecule has 0 radical (unpaired) electrons. The Morgan fingerprint density at radius 2 is 0.865 bits per heavy atom. The molecule has 0 aliphatic rings. The molecule has 2 aromatic carbocycles. The van der Waals surface area contributed by atoms with Gasteiger partial charge in [-0.25, -0.2) is 4.98 Å². The van der Waals surface area contributed by atoms with Crippen LogP contribution >= 0.6 is 0 Å². The first kappa shape index (κ1) is 42.6. The minimum atomic E-state index is -0.0564. The quantitative estimate of drug-likeness (QED) is 0.0968. The van der Waals surface area contributed by atoms with E-state index in [1.165, 1.54) is 11.4 Å². The molecule has 0 atom stereocenters. The fourth-order valence-corrected chi connectivity index (χ4v) is 6.19. The van der Waals surface area contributed by atoms with Crippen molar-refractivity contribution in [2.75, 3.05) is 163 Å². The molecule has 11 nitrogen and oxygen atoms in total. The van der Waals surface area contributed by atoms with Crippen LogP contribution in [0.5, 0.6) is 5.75 Å². The number of aromatic hydroxyl groups is 1. The van der Waals surface area contributed by atoms with Crippen molar-refractivity contribution in [3.8, 4) is 5.75 Å². The second-order valence-corrected chi connectivity index (χ2v) is 18.6. The van der Waals surface area contributed by atoms with Gasteiger partial charge in [-0.1, -0.05) is 0 Å². The van der Waals surface area contributed by atoms with E-state index >= 15 is 0 Å². The van der Waals surface area contributed by atoms with Crippen LogP contribution in [0.1, 0.15) is 25.7 Å². The van der Waals surface area contributed by atoms with Gasteiger partial charge in [0.05, 0.1) is 116 Å². The van der Waals surface area contributed by atoms with Gasteiger partial charge in [0.2, 0.25) is 0 Å². The Bertz CT molecular complexity index is 1340. The summed E-state index contributed by atoms with van der Waals surface area (Å²) in [5, 5.41) is 17.5. The molecule has 0 spiro atoms. The highest BCUT2D eigenvalue weighted by molar-refractivity contribution is 5.79. The summed E-state index contributed by atoms with van der Waals surface area (Å²) in [6.45, 7) is 8.60. The molecule has 1 aromatic heterocycles. The fraction of sp³-hybridized carbons (Fsp3) is 0.585. The molecule has 11 heteroatoms. The number of hydrogen-bond acceptors (Lipinski definition) is 7. The van der Waals surface area contributed by atoms with Gasteiger partial charge in [-0.2, -0.15) is 0 Å². The molecular formula is C41H74N10O+4. The Labute approximate surface area is 316 Å². The van der Waals surface area contributed by atoms with Gasteiger partial charge in [-0.15, -0.1) is 0 Å². The van der Waals surface area contributed by atoms with E-state index in [2.05, 4.69) is 159 Å². The maximum absolute atomic E-state index is 10.5. The number of aromatic nitrogens is 1. The summed E-state index contributed by atoms with van der Waals surface area (Å²) in [5.74, 6) is 0.579. The summed E-state index contributed by atoms with van der Waals surface area (Å²) in [6, 6.07) is 18.8. The molecule has 290 valence electrons. The van der Waals surface area contributed by atoms with Crippen LogP contribution in [0.4, 0.5) is 40.1 Å². The molecule has 0 saturated carbocycles. The van der Waals surface area contributed by atoms with E-state index in [9.17, 15) is 5.11 Å². The lowest BCUT2D eigenvalue weighted by molar-refractivity contribution is -0.870. The van der Waals surface area contributed by atoms with Crippen molar-refractivity contribution < 1.29 is 23.0 Å². The van der Waals surface area contributed by atoms with Gasteiger partial charge < -0.3 is 49.2 Å². The summed E-state index contributed by atoms with van der Waals surface area (Å²) < 4.78 is 3.85. The second-order valence-electron chi connectivity index (χ2n) is 18.6. The fourth-order valence-electron chi connectivity index (χ4n) is 6.19. The average Bonchev–Trinajstić information content (AvgIpc) is 3.00. The smallest absolute Gasteiger partial charge is 0.168 e. The largest absolute Gasteiger partial charge is 0.504 e. The van der Waals surface area contributed by atoms with Gasteiger partial charge in [0.15, 0.2) is 17.4 Å². The van der Waals surface area contributed by atoms with Gasteiger partial charge >= 0.3 is 0 Å². The number of anilines is 7. The lowest BCUT2D eigenvalue weighted by Gasteiger charge is -2.30. The number of nitrogens with zero attached hydrogens (tertiary/aromatic N) is 7. The first-order chi connectivity index (χ1) is 24.1. The Kier molecular flexibility index (Phi) is 15.0. The van der Waals surface area contributed by atoms with Crippen LogP contribution in [0.25, 0.3) is 0 Å². The Morgan fingerprint density at radius 3 is 1.19 bits per heavy atom. The average molecular weight is 723 g/mol. The molecular weight excluding hydrogens is 649 g/mol. The summed E-state index contributed by atoms with van der Waals surface area (Å²) in [7, 11) is 27.0. The molecule has 0 bridgehead atoms. The maximum atomic E-state index is 10.5. The van der Waals surface area contributed by atoms with Crippen molar-refractivity contribution in [3.63, 3.8) is 0 Å². The van der Waals surface area contributed by atoms with Crippen molar-refractivity contribution >= 4 is 40.1 Å². The highest BCUT2D eigenvalue weighted by atomic mass is 16.3. The van der Waals surface area contributed by atoms with E-state index in [1.807, 2.05) is 0 Å². The number of benzene rings is 2. The lowest BCUT2D eigenvalue weighted by Crippen LogP contribution is -2.39. The van der Waals surface area contributed by atoms with Crippen molar-refractivity contribution in [2.45, 2.75) is 25.7 Å². The van der Waals surface area contributed by atoms with Crippen LogP contribution in [0.15, 0.2) is 54.6 Å². The van der Waals surface area contributed by atoms with Crippen LogP contribution in [0.3, 0.4) is 0 Å². The van der Waals surface area contributed by atoms with Crippen LogP contribution in [0, 0.1) is 0 Å². The SMILES string of the molecule is C[N+](C)(C)CCCN(CCC[N+](C)(C)C)c1ccc(Nc2cc(O)c(N)nc2Nc2ccc(N(CCC[N+](C)(C)C)CCC[N+](C)(C)C)cc2)cc1. The molecule has 0 saturated heterocycles. The van der Waals surface area contributed by atoms with Crippen molar-refractivity contribution in [1.82, 2.24) is 4.98 Å². The molecule has 3 rings (SSSR count). The van der Waals surface area contributed by atoms with Gasteiger partial charge in [-0.3, -0.25) is 0 Å². The first-order valence-corrected chi connectivity index (χ1v) is 19.0. The number of nitrogens with two attached hydrogens (primary N) is 1. The van der Waals surface area contributed by atoms with E-state index in [-0.39, 0.29) is 11.6 Å². The van der Waals surface area contributed by atoms with Gasteiger partial charge in [-0.05, 0) is 48.5 Å². The molecule has 0 fully saturated rings. The molecule has 3 aromatic rings. The number of nitrogens with one attached hydrogen (secondary N) is 2. The summed E-state index contributed by atoms with van der Waals surface area (Å²) in [5.41, 5.74) is 11.0. The Hall–Kier alpha value is -3.77. The predicted molar refractivity (Wildman–Crippen MR) is 224 cm³/mol. The maximum Gasteiger partial charge on any atom is 0.168 e. The van der Waals surface area contributed by atoms with Crippen molar-refractivity contribution in [1.29, 1.82) is 0 Å². The first-order valence-electron chi connectivity index (χ1n) is 19.0. The molecule has 52 heavy (non-hydrogen) atoms. The number of quaternary nitrogens is 4. The summed E-state index contributed by atoms with van der Waals surface area (Å²) >= 11 is 0. The number of hydrogen-bond donors (Lipinski definition) is 4. The van der Waals surface area contributed by atoms with Gasteiger partial charge in [0.25, 0.3) is 0 Å². The Morgan fingerprint density at radius 1 is 0.538 bits per heavy atom. The molecule has 0 unspecified atom stereocenters. The normalized spacial score (nSPS) is 12.5. The minimum absolute atomic E-state index is 0.0564. The van der Waals surface area contributed by atoms with Crippen molar-refractivity contribution in [3.05, 3.63) is 54.6 Å². The zero-order valence-electron chi connectivity index (χ0n) is 34.8. The highest BCUT2D eigenvalue weighted by Crippen LogP contribution is 2.34. The molecule has 5 N–H and O–H groups in total. The predicted octanol–water partition coefficient (Wildman–Crippen LogP) is 5.85. The molecule has 0 aliphatic heterocycles. The molecule has 0 amide bonds. The molecule has 0 aliphatic carbocycles. The van der Waals surface area contributed by atoms with E-state index in [0.717, 1.165) is 107 Å². The summed E-state index contributed by atoms with van der Waals surface area (Å²) in [4.78, 5) is 9.55. The van der Waals surface area contributed by atoms with Crippen LogP contribution in [-0.4, -0.2) is 165 Å². The lowest BCUT2D eigenvalue weighted by atomic mass is 10.2. The zero-order valence-corrected chi connectivity index (χ0v) is 34.8. The third-order valence-electron chi connectivity index (χ3n) is 9.07. The highest BCUT2D eigenvalue weighted by Gasteiger charge is 2.17. The summed E-state index contributed by atoms with van der Waals surface area (Å²) in [6.07, 6.45) is 4.52. The third kappa shape index (κ3) is 16.3. The van der Waals surface area contributed by atoms with Crippen molar-refractivity contribution in [2.24, 2.45) is 0 Å². The van der Waals surface area contributed by atoms with Crippen LogP contribution in [-0.2, 0) is 0 Å². The topological polar surface area (TPSA) is 89.7 Å². The standard InChI is InChI=1S/C41H73N10O/c1-48(2,3)29-13-25-46(26-14-30-49(4,5)6)36-21-17-34(18-22-36)43-38-33-39(52)40(42)45-41(38)44-35-19-23-37(24-20-35)47(27-15-31-50(7,8)9)28-16-32-51(10,11)12/h17-24,33,43H,13-16,25-32H2,1-12H3,(H3-,42,44,45,52)/q+3/p+1. The monoisotopic (exact) mass is 723 g/mol. The zero-order chi connectivity index (χ0) is 38.7. The van der Waals surface area contributed by atoms with E-state index < -0.39 is 0 Å². The van der Waals surface area contributed by atoms with E-state index in [1.54, 1.807) is 6.07 Å². The van der Waals surface area contributed by atoms with Crippen LogP contribution < -0.4 is 26.2 Å². The van der Waals surface area contributed by atoms with Gasteiger partial charge in [0, 0.05) is 80.7 Å². The number of nitrogen functional groups attached to an aromatic ring is 1. The van der Waals surface area contributed by atoms with Crippen LogP contribution in [0.2, 0.25) is 0 Å². The van der Waals surface area contributed by atoms with Gasteiger partial charge in [0.1, 0.15) is 0 Å².